The van der Waals surface area contributed by atoms with Crippen LogP contribution in [0.1, 0.15) is 31.7 Å². The van der Waals surface area contributed by atoms with E-state index in [-0.39, 0.29) is 11.8 Å². The Morgan fingerprint density at radius 2 is 2.16 bits per heavy atom. The number of anilines is 1. The van der Waals surface area contributed by atoms with Crippen LogP contribution in [-0.2, 0) is 4.79 Å². The molecule has 100 valence electrons. The summed E-state index contributed by atoms with van der Waals surface area (Å²) in [4.78, 5) is 13.1. The number of carboxylic acid groups (broad SMARTS) is 1. The van der Waals surface area contributed by atoms with Crippen LogP contribution in [0, 0.1) is 16.7 Å². The van der Waals surface area contributed by atoms with Gasteiger partial charge in [-0.25, -0.2) is 0 Å². The number of carbonyl (C=O) groups is 1. The van der Waals surface area contributed by atoms with Crippen molar-refractivity contribution in [3.8, 4) is 6.07 Å². The number of carboxylic acids is 1. The van der Waals surface area contributed by atoms with Crippen LogP contribution in [0.2, 0.25) is 0 Å². The zero-order chi connectivity index (χ0) is 13.9. The van der Waals surface area contributed by atoms with E-state index in [0.717, 1.165) is 31.6 Å². The Kier molecular flexibility index (Phi) is 3.75. The summed E-state index contributed by atoms with van der Waals surface area (Å²) in [5.41, 5.74) is 1.61. The maximum absolute atomic E-state index is 10.9. The smallest absolute Gasteiger partial charge is 0.303 e. The van der Waals surface area contributed by atoms with Gasteiger partial charge in [0.05, 0.1) is 18.1 Å². The molecule has 4 nitrogen and oxygen atoms in total. The van der Waals surface area contributed by atoms with E-state index in [1.165, 1.54) is 0 Å². The van der Waals surface area contributed by atoms with Crippen LogP contribution in [0.25, 0.3) is 0 Å². The number of piperidine rings is 1. The third-order valence-electron chi connectivity index (χ3n) is 3.89. The van der Waals surface area contributed by atoms with Crippen molar-refractivity contribution in [2.24, 2.45) is 5.41 Å². The predicted molar refractivity (Wildman–Crippen MR) is 73.0 cm³/mol. The molecule has 19 heavy (non-hydrogen) atoms. The molecule has 0 unspecified atom stereocenters. The first-order chi connectivity index (χ1) is 9.02. The van der Waals surface area contributed by atoms with E-state index in [9.17, 15) is 4.79 Å². The maximum atomic E-state index is 10.9. The molecule has 2 rings (SSSR count). The molecule has 0 aliphatic carbocycles. The molecule has 0 saturated carbocycles. The maximum Gasteiger partial charge on any atom is 0.303 e. The molecular formula is C15H18N2O2. The number of hydrogen-bond acceptors (Lipinski definition) is 3. The molecule has 1 saturated heterocycles. The lowest BCUT2D eigenvalue weighted by atomic mass is 9.77. The van der Waals surface area contributed by atoms with Crippen LogP contribution in [0.4, 0.5) is 5.69 Å². The first-order valence-corrected chi connectivity index (χ1v) is 6.49. The van der Waals surface area contributed by atoms with Gasteiger partial charge in [0.15, 0.2) is 0 Å². The van der Waals surface area contributed by atoms with E-state index in [4.69, 9.17) is 10.4 Å². The first kappa shape index (κ1) is 13.4. The van der Waals surface area contributed by atoms with Gasteiger partial charge in [-0.3, -0.25) is 4.79 Å². The highest BCUT2D eigenvalue weighted by Gasteiger charge is 2.32. The third-order valence-corrected chi connectivity index (χ3v) is 3.89. The monoisotopic (exact) mass is 258 g/mol. The van der Waals surface area contributed by atoms with E-state index in [2.05, 4.69) is 11.0 Å². The second-order valence-corrected chi connectivity index (χ2v) is 5.53. The molecule has 0 radical (unpaired) electrons. The lowest BCUT2D eigenvalue weighted by Crippen LogP contribution is -2.39. The third kappa shape index (κ3) is 3.25. The largest absolute Gasteiger partial charge is 0.481 e. The SMILES string of the molecule is CC1(CC(=O)O)CCN(c2cccc(C#N)c2)CC1. The average molecular weight is 258 g/mol. The minimum absolute atomic E-state index is 0.102. The Labute approximate surface area is 113 Å². The van der Waals surface area contributed by atoms with E-state index in [1.54, 1.807) is 6.07 Å². The standard InChI is InChI=1S/C15H18N2O2/c1-15(10-14(18)19)5-7-17(8-6-15)13-4-2-3-12(9-13)11-16/h2-4,9H,5-8,10H2,1H3,(H,18,19). The van der Waals surface area contributed by atoms with Crippen molar-refractivity contribution in [1.82, 2.24) is 0 Å². The quantitative estimate of drug-likeness (QED) is 0.905. The van der Waals surface area contributed by atoms with Crippen LogP contribution < -0.4 is 4.90 Å². The van der Waals surface area contributed by atoms with Crippen LogP contribution >= 0.6 is 0 Å². The van der Waals surface area contributed by atoms with Crippen molar-refractivity contribution in [3.63, 3.8) is 0 Å². The summed E-state index contributed by atoms with van der Waals surface area (Å²) in [6, 6.07) is 9.72. The Morgan fingerprint density at radius 1 is 1.47 bits per heavy atom. The van der Waals surface area contributed by atoms with Gasteiger partial charge < -0.3 is 10.0 Å². The summed E-state index contributed by atoms with van der Waals surface area (Å²) in [6.45, 7) is 3.74. The highest BCUT2D eigenvalue weighted by molar-refractivity contribution is 5.67. The molecule has 1 aliphatic rings. The van der Waals surface area contributed by atoms with Crippen molar-refractivity contribution in [2.75, 3.05) is 18.0 Å². The first-order valence-electron chi connectivity index (χ1n) is 6.49. The molecule has 0 bridgehead atoms. The molecule has 1 aromatic carbocycles. The summed E-state index contributed by atoms with van der Waals surface area (Å²) in [6.07, 6.45) is 1.98. The molecule has 1 aromatic rings. The number of nitrogens with zero attached hydrogens (tertiary/aromatic N) is 2. The zero-order valence-corrected chi connectivity index (χ0v) is 11.1. The fraction of sp³-hybridized carbons (Fsp3) is 0.467. The van der Waals surface area contributed by atoms with Gasteiger partial charge >= 0.3 is 5.97 Å². The number of benzene rings is 1. The van der Waals surface area contributed by atoms with Gasteiger partial charge in [-0.2, -0.15) is 5.26 Å². The Morgan fingerprint density at radius 3 is 2.74 bits per heavy atom. The van der Waals surface area contributed by atoms with Gasteiger partial charge in [0.1, 0.15) is 0 Å². The Balaban J connectivity index is 2.03. The van der Waals surface area contributed by atoms with Crippen molar-refractivity contribution in [1.29, 1.82) is 5.26 Å². The molecule has 1 aliphatic heterocycles. The van der Waals surface area contributed by atoms with Crippen LogP contribution in [0.3, 0.4) is 0 Å². The fourth-order valence-corrected chi connectivity index (χ4v) is 2.62. The minimum atomic E-state index is -0.720. The number of hydrogen-bond donors (Lipinski definition) is 1. The molecule has 1 heterocycles. The molecule has 0 amide bonds. The summed E-state index contributed by atoms with van der Waals surface area (Å²) < 4.78 is 0. The van der Waals surface area contributed by atoms with Gasteiger partial charge in [-0.05, 0) is 36.5 Å². The average Bonchev–Trinajstić information content (AvgIpc) is 2.38. The molecule has 0 aromatic heterocycles. The van der Waals surface area contributed by atoms with E-state index in [0.29, 0.717) is 5.56 Å². The van der Waals surface area contributed by atoms with Crippen molar-refractivity contribution in [2.45, 2.75) is 26.2 Å². The minimum Gasteiger partial charge on any atom is -0.481 e. The van der Waals surface area contributed by atoms with Gasteiger partial charge in [0.2, 0.25) is 0 Å². The topological polar surface area (TPSA) is 64.3 Å². The molecule has 0 atom stereocenters. The van der Waals surface area contributed by atoms with Crippen molar-refractivity contribution >= 4 is 11.7 Å². The molecular weight excluding hydrogens is 240 g/mol. The Hall–Kier alpha value is -2.02. The second-order valence-electron chi connectivity index (χ2n) is 5.53. The Bertz CT molecular complexity index is 511. The van der Waals surface area contributed by atoms with Crippen LogP contribution in [0.15, 0.2) is 24.3 Å². The second kappa shape index (κ2) is 5.31. The highest BCUT2D eigenvalue weighted by atomic mass is 16.4. The lowest BCUT2D eigenvalue weighted by Gasteiger charge is -2.39. The summed E-state index contributed by atoms with van der Waals surface area (Å²) in [5.74, 6) is -0.720. The fourth-order valence-electron chi connectivity index (χ4n) is 2.62. The molecule has 1 fully saturated rings. The predicted octanol–water partition coefficient (Wildman–Crippen LogP) is 2.64. The van der Waals surface area contributed by atoms with Crippen LogP contribution in [-0.4, -0.2) is 24.2 Å². The number of nitriles is 1. The van der Waals surface area contributed by atoms with Crippen molar-refractivity contribution in [3.05, 3.63) is 29.8 Å². The zero-order valence-electron chi connectivity index (χ0n) is 11.1. The lowest BCUT2D eigenvalue weighted by molar-refractivity contribution is -0.139. The van der Waals surface area contributed by atoms with E-state index < -0.39 is 5.97 Å². The summed E-state index contributed by atoms with van der Waals surface area (Å²) in [5, 5.41) is 17.8. The molecule has 0 spiro atoms. The molecule has 1 N–H and O–H groups in total. The summed E-state index contributed by atoms with van der Waals surface area (Å²) in [7, 11) is 0. The van der Waals surface area contributed by atoms with Gasteiger partial charge in [0, 0.05) is 18.8 Å². The molecule has 4 heteroatoms. The van der Waals surface area contributed by atoms with Gasteiger partial charge in [-0.15, -0.1) is 0 Å². The normalized spacial score (nSPS) is 17.8. The van der Waals surface area contributed by atoms with Crippen molar-refractivity contribution < 1.29 is 9.90 Å². The van der Waals surface area contributed by atoms with E-state index in [1.807, 2.05) is 25.1 Å². The van der Waals surface area contributed by atoms with Gasteiger partial charge in [0.25, 0.3) is 0 Å². The summed E-state index contributed by atoms with van der Waals surface area (Å²) >= 11 is 0. The highest BCUT2D eigenvalue weighted by Crippen LogP contribution is 2.36. The number of aliphatic carboxylic acids is 1. The van der Waals surface area contributed by atoms with Gasteiger partial charge in [-0.1, -0.05) is 13.0 Å². The van der Waals surface area contributed by atoms with E-state index >= 15 is 0 Å². The van der Waals surface area contributed by atoms with Crippen LogP contribution in [0.5, 0.6) is 0 Å². The number of rotatable bonds is 3.